The van der Waals surface area contributed by atoms with Crippen LogP contribution in [-0.4, -0.2) is 107 Å². The van der Waals surface area contributed by atoms with Crippen LogP contribution in [0.15, 0.2) is 107 Å². The predicted octanol–water partition coefficient (Wildman–Crippen LogP) is 9.62. The zero-order valence-electron chi connectivity index (χ0n) is 42.3. The van der Waals surface area contributed by atoms with E-state index >= 15 is 0 Å². The zero-order valence-corrected chi connectivity index (χ0v) is 43.2. The summed E-state index contributed by atoms with van der Waals surface area (Å²) in [5, 5.41) is 9.59. The maximum Gasteiger partial charge on any atom is 0.280 e. The van der Waals surface area contributed by atoms with Gasteiger partial charge in [0, 0.05) is 39.5 Å². The molecule has 374 valence electrons. The Labute approximate surface area is 416 Å². The highest BCUT2D eigenvalue weighted by atomic mass is 31.2. The van der Waals surface area contributed by atoms with Gasteiger partial charge in [-0.2, -0.15) is 10.2 Å². The molecule has 1 aliphatic heterocycles. The molecule has 3 heterocycles. The van der Waals surface area contributed by atoms with E-state index in [0.29, 0.717) is 17.2 Å². The molecule has 1 unspecified atom stereocenters. The smallest absolute Gasteiger partial charge is 0.280 e. The summed E-state index contributed by atoms with van der Waals surface area (Å²) in [5.41, 5.74) is 3.22. The van der Waals surface area contributed by atoms with Crippen LogP contribution < -0.4 is 19.9 Å². The molecule has 0 saturated carbocycles. The number of hydrogen-bond donors (Lipinski definition) is 1. The van der Waals surface area contributed by atoms with E-state index in [-0.39, 0.29) is 67.1 Å². The van der Waals surface area contributed by atoms with Gasteiger partial charge >= 0.3 is 0 Å². The highest BCUT2D eigenvalue weighted by molar-refractivity contribution is 7.44. The molecule has 2 aromatic heterocycles. The number of nitrogens with one attached hydrogen (secondary N) is 1. The van der Waals surface area contributed by atoms with Crippen LogP contribution in [0.4, 0.5) is 17.6 Å². The van der Waals surface area contributed by atoms with Crippen molar-refractivity contribution >= 4 is 49.5 Å². The number of nitriles is 1. The van der Waals surface area contributed by atoms with Gasteiger partial charge in [0.15, 0.2) is 11.2 Å². The summed E-state index contributed by atoms with van der Waals surface area (Å²) in [4.78, 5) is 48.2. The van der Waals surface area contributed by atoms with Crippen LogP contribution in [0.1, 0.15) is 81.5 Å². The topological polar surface area (TPSA) is 182 Å². The van der Waals surface area contributed by atoms with E-state index < -0.39 is 38.1 Å². The molecule has 0 spiro atoms. The number of imidazole rings is 1. The molecule has 1 fully saturated rings. The molecule has 0 radical (unpaired) electrons. The first-order valence-electron chi connectivity index (χ1n) is 23.6. The molecule has 1 amide bonds. The van der Waals surface area contributed by atoms with Crippen molar-refractivity contribution < 1.29 is 32.8 Å². The molecule has 4 atom stereocenters. The Kier molecular flexibility index (Phi) is 17.1. The standard InChI is InChI=1S/C53H64N9O8P/c1-34(2)62(35(3)4)71(68-27-15-26-54)70-45-31-47(61-49-48(50(64)58-51(57-49)55-33-59(8)9)56-52(61)60(38(7)63)42-29-36(5)28-37(6)30-42)69-46(45)32-67-53(39-16-13-12-14-17-39,40-18-22-43(65-10)23-19-40)41-20-24-44(66-11)25-21-41/h12-14,16-25,28-30,33-35,45-47H,15,27,31-32H2,1-11H3,(H,57,58,64)/b55-33+/t45-,46+,47+,71?/m0/s1. The highest BCUT2D eigenvalue weighted by Gasteiger charge is 2.46. The molecule has 18 heteroatoms. The highest BCUT2D eigenvalue weighted by Crippen LogP contribution is 2.51. The number of anilines is 2. The van der Waals surface area contributed by atoms with Gasteiger partial charge in [-0.1, -0.05) is 60.7 Å². The minimum atomic E-state index is -1.81. The van der Waals surface area contributed by atoms with Gasteiger partial charge < -0.3 is 32.9 Å². The van der Waals surface area contributed by atoms with Crippen molar-refractivity contribution in [3.63, 3.8) is 0 Å². The van der Waals surface area contributed by atoms with E-state index in [0.717, 1.165) is 27.8 Å². The van der Waals surface area contributed by atoms with Crippen molar-refractivity contribution in [3.05, 3.63) is 135 Å². The number of amides is 1. The Bertz CT molecular complexity index is 2810. The van der Waals surface area contributed by atoms with Crippen LogP contribution in [0.3, 0.4) is 0 Å². The van der Waals surface area contributed by atoms with Gasteiger partial charge in [-0.25, -0.2) is 14.6 Å². The number of carbonyl (C=O) groups is 1. The summed E-state index contributed by atoms with van der Waals surface area (Å²) >= 11 is 0. The van der Waals surface area contributed by atoms with Crippen LogP contribution in [0, 0.1) is 25.2 Å². The van der Waals surface area contributed by atoms with Gasteiger partial charge in [0.1, 0.15) is 29.4 Å². The molecule has 1 N–H and O–H groups in total. The lowest BCUT2D eigenvalue weighted by molar-refractivity contribution is -0.116. The minimum Gasteiger partial charge on any atom is -0.497 e. The zero-order chi connectivity index (χ0) is 51.0. The summed E-state index contributed by atoms with van der Waals surface area (Å²) in [6.45, 7) is 13.8. The first kappa shape index (κ1) is 52.3. The molecule has 7 rings (SSSR count). The van der Waals surface area contributed by atoms with E-state index in [1.54, 1.807) is 37.8 Å². The first-order chi connectivity index (χ1) is 34.1. The van der Waals surface area contributed by atoms with Crippen LogP contribution in [-0.2, 0) is 28.9 Å². The number of aryl methyl sites for hydroxylation is 2. The summed E-state index contributed by atoms with van der Waals surface area (Å²) in [5.74, 6) is 1.14. The maximum atomic E-state index is 14.1. The molecule has 0 bridgehead atoms. The van der Waals surface area contributed by atoms with E-state index in [1.807, 2.05) is 111 Å². The normalized spacial score (nSPS) is 16.5. The van der Waals surface area contributed by atoms with E-state index in [2.05, 4.69) is 48.4 Å². The number of rotatable bonds is 21. The van der Waals surface area contributed by atoms with Crippen molar-refractivity contribution in [2.24, 2.45) is 4.99 Å². The van der Waals surface area contributed by atoms with Gasteiger partial charge in [-0.05, 0) is 106 Å². The third kappa shape index (κ3) is 11.7. The molecule has 4 aromatic carbocycles. The third-order valence-corrected chi connectivity index (χ3v) is 14.1. The Balaban J connectivity index is 1.44. The summed E-state index contributed by atoms with van der Waals surface area (Å²) in [6, 6.07) is 33.5. The van der Waals surface area contributed by atoms with Crippen LogP contribution >= 0.6 is 8.53 Å². The number of aliphatic imine (C=N–C) groups is 1. The van der Waals surface area contributed by atoms with Crippen molar-refractivity contribution in [3.8, 4) is 17.6 Å². The fraction of sp³-hybridized carbons (Fsp3) is 0.396. The molecular weight excluding hydrogens is 922 g/mol. The lowest BCUT2D eigenvalue weighted by atomic mass is 9.80. The number of methoxy groups -OCH3 is 2. The number of carbonyl (C=O) groups excluding carboxylic acids is 1. The number of nitrogens with zero attached hydrogens (tertiary/aromatic N) is 8. The number of H-pyrrole nitrogens is 1. The Morgan fingerprint density at radius 1 is 0.930 bits per heavy atom. The first-order valence-corrected chi connectivity index (χ1v) is 24.7. The Morgan fingerprint density at radius 3 is 2.06 bits per heavy atom. The molecule has 1 aliphatic rings. The Morgan fingerprint density at radius 2 is 1.52 bits per heavy atom. The lowest BCUT2D eigenvalue weighted by Gasteiger charge is -2.39. The SMILES string of the molecule is COc1ccc(C(OC[C@H]2O[C@@H](n3c(N(C(C)=O)c4cc(C)cc(C)c4)nc4c(=O)[nH]c(/N=C/N(C)C)nc43)C[C@@H]2OP(OCCC#N)N(C(C)C)C(C)C)(c2ccccc2)c2ccc(OC)cc2)cc1. The summed E-state index contributed by atoms with van der Waals surface area (Å²) in [6.07, 6.45) is -0.648. The quantitative estimate of drug-likeness (QED) is 0.0237. The average Bonchev–Trinajstić information content (AvgIpc) is 3.92. The van der Waals surface area contributed by atoms with Crippen LogP contribution in [0.5, 0.6) is 11.5 Å². The molecule has 17 nitrogen and oxygen atoms in total. The fourth-order valence-corrected chi connectivity index (χ4v) is 10.7. The van der Waals surface area contributed by atoms with Crippen LogP contribution in [0.25, 0.3) is 11.2 Å². The van der Waals surface area contributed by atoms with Gasteiger partial charge in [0.2, 0.25) is 17.8 Å². The van der Waals surface area contributed by atoms with E-state index in [1.165, 1.54) is 18.2 Å². The Hall–Kier alpha value is -6.51. The minimum absolute atomic E-state index is 0.00457. The number of hydrogen-bond acceptors (Lipinski definition) is 13. The molecule has 6 aromatic rings. The second kappa shape index (κ2) is 23.1. The molecular formula is C53H64N9O8P. The van der Waals surface area contributed by atoms with Crippen molar-refractivity contribution in [1.82, 2.24) is 29.1 Å². The van der Waals surface area contributed by atoms with Gasteiger partial charge in [-0.3, -0.25) is 24.0 Å². The fourth-order valence-electron chi connectivity index (χ4n) is 8.94. The van der Waals surface area contributed by atoms with Crippen molar-refractivity contribution in [1.29, 1.82) is 5.26 Å². The van der Waals surface area contributed by atoms with Gasteiger partial charge in [0.25, 0.3) is 14.1 Å². The van der Waals surface area contributed by atoms with Gasteiger partial charge in [0.05, 0.1) is 58.1 Å². The summed E-state index contributed by atoms with van der Waals surface area (Å²) < 4.78 is 43.5. The molecule has 71 heavy (non-hydrogen) atoms. The average molecular weight is 986 g/mol. The summed E-state index contributed by atoms with van der Waals surface area (Å²) in [7, 11) is 5.06. The van der Waals surface area contributed by atoms with E-state index in [4.69, 9.17) is 38.0 Å². The number of aromatic nitrogens is 4. The number of ether oxygens (including phenoxy) is 4. The van der Waals surface area contributed by atoms with Crippen LogP contribution in [0.2, 0.25) is 0 Å². The van der Waals surface area contributed by atoms with E-state index in [9.17, 15) is 14.9 Å². The van der Waals surface area contributed by atoms with Crippen molar-refractivity contribution in [2.75, 3.05) is 46.4 Å². The second-order valence-corrected chi connectivity index (χ2v) is 19.5. The predicted molar refractivity (Wildman–Crippen MR) is 276 cm³/mol. The van der Waals surface area contributed by atoms with Crippen molar-refractivity contribution in [2.45, 2.75) is 97.4 Å². The third-order valence-electron chi connectivity index (χ3n) is 11.9. The number of benzene rings is 4. The molecule has 1 saturated heterocycles. The second-order valence-electron chi connectivity index (χ2n) is 18.1. The number of fused-ring (bicyclic) bond motifs is 1. The largest absolute Gasteiger partial charge is 0.497 e. The lowest BCUT2D eigenvalue weighted by Crippen LogP contribution is -2.39. The van der Waals surface area contributed by atoms with Gasteiger partial charge in [-0.15, -0.1) is 0 Å². The maximum absolute atomic E-state index is 14.1. The number of aromatic amines is 1. The molecule has 0 aliphatic carbocycles. The monoisotopic (exact) mass is 985 g/mol.